The van der Waals surface area contributed by atoms with Crippen molar-refractivity contribution in [3.8, 4) is 5.75 Å². The van der Waals surface area contributed by atoms with Gasteiger partial charge in [0.15, 0.2) is 5.96 Å². The number of nitrogens with one attached hydrogen (secondary N) is 3. The van der Waals surface area contributed by atoms with Crippen LogP contribution in [-0.4, -0.2) is 77.1 Å². The van der Waals surface area contributed by atoms with Gasteiger partial charge in [-0.25, -0.2) is 4.79 Å². The number of nitrogens with two attached hydrogens (primary N) is 4. The number of phenols is 1. The highest BCUT2D eigenvalue weighted by atomic mass is 16.4. The molecule has 0 unspecified atom stereocenters. The summed E-state index contributed by atoms with van der Waals surface area (Å²) >= 11 is 0. The molecular formula is C32H48N8O6. The second kappa shape index (κ2) is 19.0. The van der Waals surface area contributed by atoms with E-state index in [1.165, 1.54) is 0 Å². The highest BCUT2D eigenvalue weighted by Crippen LogP contribution is 2.22. The van der Waals surface area contributed by atoms with Gasteiger partial charge in [-0.3, -0.25) is 19.4 Å². The molecule has 3 amide bonds. The molecule has 0 spiro atoms. The lowest BCUT2D eigenvalue weighted by Crippen LogP contribution is -2.58. The highest BCUT2D eigenvalue weighted by molar-refractivity contribution is 5.94. The van der Waals surface area contributed by atoms with Gasteiger partial charge >= 0.3 is 5.97 Å². The number of hydrogen-bond donors (Lipinski definition) is 9. The molecule has 0 saturated heterocycles. The number of aromatic hydroxyl groups is 1. The number of nitrogens with zero attached hydrogens (tertiary/aromatic N) is 1. The Balaban J connectivity index is 2.35. The third-order valence-corrected chi connectivity index (χ3v) is 7.50. The highest BCUT2D eigenvalue weighted by Gasteiger charge is 2.31. The van der Waals surface area contributed by atoms with Crippen LogP contribution in [0.2, 0.25) is 0 Å². The van der Waals surface area contributed by atoms with Crippen LogP contribution in [-0.2, 0) is 32.0 Å². The van der Waals surface area contributed by atoms with Crippen LogP contribution < -0.4 is 38.9 Å². The SMILES string of the molecule is Cc1cc(O)cc(C)c1C[C@H](NC(=O)[C@@H](N)CCCN=C(N)N)C(=O)N[C@@H](Cc1ccccc1)C(=O)N[C@@H](CCCCN)C(=O)O. The van der Waals surface area contributed by atoms with Crippen LogP contribution >= 0.6 is 0 Å². The van der Waals surface area contributed by atoms with E-state index in [0.717, 1.165) is 11.1 Å². The van der Waals surface area contributed by atoms with Gasteiger partial charge in [-0.05, 0) is 86.9 Å². The van der Waals surface area contributed by atoms with E-state index in [1.54, 1.807) is 50.2 Å². The molecule has 0 aliphatic rings. The lowest BCUT2D eigenvalue weighted by molar-refractivity contribution is -0.142. The fourth-order valence-electron chi connectivity index (χ4n) is 4.99. The Morgan fingerprint density at radius 3 is 1.93 bits per heavy atom. The zero-order chi connectivity index (χ0) is 34.2. The third-order valence-electron chi connectivity index (χ3n) is 7.50. The predicted molar refractivity (Wildman–Crippen MR) is 176 cm³/mol. The zero-order valence-corrected chi connectivity index (χ0v) is 26.5. The summed E-state index contributed by atoms with van der Waals surface area (Å²) in [6.07, 6.45) is 2.03. The molecule has 0 bridgehead atoms. The Bertz CT molecular complexity index is 1330. The normalized spacial score (nSPS) is 13.5. The van der Waals surface area contributed by atoms with Gasteiger partial charge in [-0.15, -0.1) is 0 Å². The average molecular weight is 641 g/mol. The molecule has 2 aromatic rings. The summed E-state index contributed by atoms with van der Waals surface area (Å²) < 4.78 is 0. The number of guanidine groups is 1. The van der Waals surface area contributed by atoms with Crippen molar-refractivity contribution in [3.05, 3.63) is 64.7 Å². The fraction of sp³-hybridized carbons (Fsp3) is 0.469. The maximum absolute atomic E-state index is 13.9. The molecule has 252 valence electrons. The first-order valence-electron chi connectivity index (χ1n) is 15.3. The Labute approximate surface area is 269 Å². The van der Waals surface area contributed by atoms with E-state index >= 15 is 0 Å². The topological polar surface area (TPSA) is 261 Å². The number of hydrogen-bond acceptors (Lipinski definition) is 8. The monoisotopic (exact) mass is 640 g/mol. The van der Waals surface area contributed by atoms with E-state index in [1.807, 2.05) is 6.07 Å². The van der Waals surface area contributed by atoms with Crippen LogP contribution in [0.5, 0.6) is 5.75 Å². The van der Waals surface area contributed by atoms with E-state index in [4.69, 9.17) is 22.9 Å². The number of aliphatic imine (C=N–C) groups is 1. The zero-order valence-electron chi connectivity index (χ0n) is 26.5. The standard InChI is InChI=1S/C32H48N8O6/c1-19-15-22(41)16-20(2)23(19)18-27(39-28(42)24(34)11-8-14-37-32(35)36)30(44)40-26(17-21-9-4-3-5-10-21)29(43)38-25(31(45)46)12-6-7-13-33/h3-5,9-10,15-16,24-27,41H,6-8,11-14,17-18,33-34H2,1-2H3,(H,38,43)(H,39,42)(H,40,44)(H,45,46)(H4,35,36,37)/t24-,25-,26-,27-/m0/s1. The van der Waals surface area contributed by atoms with Crippen molar-refractivity contribution in [2.45, 2.75) is 83.0 Å². The maximum atomic E-state index is 13.9. The molecule has 2 aromatic carbocycles. The summed E-state index contributed by atoms with van der Waals surface area (Å²) in [5, 5.41) is 27.8. The maximum Gasteiger partial charge on any atom is 0.326 e. The van der Waals surface area contributed by atoms with Crippen molar-refractivity contribution < 1.29 is 29.4 Å². The summed E-state index contributed by atoms with van der Waals surface area (Å²) in [7, 11) is 0. The lowest BCUT2D eigenvalue weighted by Gasteiger charge is -2.26. The second-order valence-electron chi connectivity index (χ2n) is 11.3. The lowest BCUT2D eigenvalue weighted by atomic mass is 9.94. The van der Waals surface area contributed by atoms with E-state index in [9.17, 15) is 29.4 Å². The molecule has 0 aromatic heterocycles. The largest absolute Gasteiger partial charge is 0.508 e. The van der Waals surface area contributed by atoms with E-state index in [-0.39, 0.29) is 43.9 Å². The van der Waals surface area contributed by atoms with E-state index in [2.05, 4.69) is 20.9 Å². The number of carboxylic acids is 1. The van der Waals surface area contributed by atoms with Crippen molar-refractivity contribution in [2.75, 3.05) is 13.1 Å². The molecule has 0 saturated carbocycles. The molecule has 14 nitrogen and oxygen atoms in total. The van der Waals surface area contributed by atoms with Crippen molar-refractivity contribution in [1.29, 1.82) is 0 Å². The minimum atomic E-state index is -1.20. The van der Waals surface area contributed by atoms with Gasteiger partial charge < -0.3 is 49.1 Å². The summed E-state index contributed by atoms with van der Waals surface area (Å²) in [5.41, 5.74) is 25.2. The van der Waals surface area contributed by atoms with Crippen LogP contribution in [0.15, 0.2) is 47.5 Å². The smallest absolute Gasteiger partial charge is 0.326 e. The van der Waals surface area contributed by atoms with Crippen molar-refractivity contribution >= 4 is 29.7 Å². The van der Waals surface area contributed by atoms with E-state index < -0.39 is 47.9 Å². The van der Waals surface area contributed by atoms with Gasteiger partial charge in [0.1, 0.15) is 23.9 Å². The molecule has 0 radical (unpaired) electrons. The molecule has 13 N–H and O–H groups in total. The van der Waals surface area contributed by atoms with Crippen LogP contribution in [0.3, 0.4) is 0 Å². The Morgan fingerprint density at radius 2 is 1.37 bits per heavy atom. The average Bonchev–Trinajstić information content (AvgIpc) is 2.99. The number of carboxylic acid groups (broad SMARTS) is 1. The number of phenolic OH excluding ortho intramolecular Hbond substituents is 1. The van der Waals surface area contributed by atoms with Crippen LogP contribution in [0.25, 0.3) is 0 Å². The van der Waals surface area contributed by atoms with Gasteiger partial charge in [0.05, 0.1) is 6.04 Å². The first-order valence-corrected chi connectivity index (χ1v) is 15.3. The molecular weight excluding hydrogens is 592 g/mol. The molecule has 0 heterocycles. The first-order chi connectivity index (χ1) is 21.8. The second-order valence-corrected chi connectivity index (χ2v) is 11.3. The molecule has 46 heavy (non-hydrogen) atoms. The molecule has 14 heteroatoms. The van der Waals surface area contributed by atoms with Gasteiger partial charge in [-0.1, -0.05) is 30.3 Å². The van der Waals surface area contributed by atoms with Gasteiger partial charge in [0.25, 0.3) is 0 Å². The minimum Gasteiger partial charge on any atom is -0.508 e. The quantitative estimate of drug-likeness (QED) is 0.0557. The minimum absolute atomic E-state index is 0.0345. The third kappa shape index (κ3) is 12.7. The number of benzene rings is 2. The Hall–Kier alpha value is -4.69. The Kier molecular flexibility index (Phi) is 15.5. The molecule has 0 aliphatic carbocycles. The summed E-state index contributed by atoms with van der Waals surface area (Å²) in [5.74, 6) is -3.16. The first kappa shape index (κ1) is 37.5. The van der Waals surface area contributed by atoms with Gasteiger partial charge in [0.2, 0.25) is 17.7 Å². The predicted octanol–water partition coefficient (Wildman–Crippen LogP) is -0.157. The van der Waals surface area contributed by atoms with Gasteiger partial charge in [-0.2, -0.15) is 0 Å². The summed E-state index contributed by atoms with van der Waals surface area (Å²) in [4.78, 5) is 56.4. The number of aryl methyl sites for hydroxylation is 2. The van der Waals surface area contributed by atoms with Crippen molar-refractivity contribution in [3.63, 3.8) is 0 Å². The van der Waals surface area contributed by atoms with Crippen molar-refractivity contribution in [1.82, 2.24) is 16.0 Å². The number of unbranched alkanes of at least 4 members (excludes halogenated alkanes) is 1. The van der Waals surface area contributed by atoms with Crippen LogP contribution in [0.1, 0.15) is 54.4 Å². The van der Waals surface area contributed by atoms with Crippen LogP contribution in [0, 0.1) is 13.8 Å². The summed E-state index contributed by atoms with van der Waals surface area (Å²) in [6.45, 7) is 4.21. The number of amides is 3. The van der Waals surface area contributed by atoms with Gasteiger partial charge in [0, 0.05) is 19.4 Å². The molecule has 0 fully saturated rings. The number of aliphatic carboxylic acids is 1. The number of rotatable bonds is 19. The fourth-order valence-corrected chi connectivity index (χ4v) is 4.99. The number of carbonyl (C=O) groups excluding carboxylic acids is 3. The number of carbonyl (C=O) groups is 4. The van der Waals surface area contributed by atoms with Crippen molar-refractivity contribution in [2.24, 2.45) is 27.9 Å². The molecule has 4 atom stereocenters. The molecule has 2 rings (SSSR count). The Morgan fingerprint density at radius 1 is 0.804 bits per heavy atom. The van der Waals surface area contributed by atoms with E-state index in [0.29, 0.717) is 36.9 Å². The molecule has 0 aliphatic heterocycles. The summed E-state index contributed by atoms with van der Waals surface area (Å²) in [6, 6.07) is 7.57. The van der Waals surface area contributed by atoms with Crippen LogP contribution in [0.4, 0.5) is 0 Å².